The van der Waals surface area contributed by atoms with Crippen LogP contribution in [0.1, 0.15) is 13.8 Å². The first-order valence-electron chi connectivity index (χ1n) is 2.15. The molecule has 0 aromatic heterocycles. The van der Waals surface area contributed by atoms with Gasteiger partial charge in [0.25, 0.3) is 0 Å². The molecule has 0 heterocycles. The van der Waals surface area contributed by atoms with Crippen LogP contribution in [0, 0.1) is 0 Å². The highest BCUT2D eigenvalue weighted by Crippen LogP contribution is 2.12. The first kappa shape index (κ1) is 6.13. The Morgan fingerprint density at radius 2 is 1.17 bits per heavy atom. The molecule has 0 nitrogen and oxygen atoms in total. The Kier molecular flexibility index (Phi) is 2.38. The summed E-state index contributed by atoms with van der Waals surface area (Å²) in [5, 5.41) is 0. The van der Waals surface area contributed by atoms with Crippen molar-refractivity contribution >= 4 is 15.7 Å². The normalized spacial score (nSPS) is 19.7. The summed E-state index contributed by atoms with van der Waals surface area (Å²) in [5.74, 6) is 0.259. The van der Waals surface area contributed by atoms with Gasteiger partial charge in [-0.05, 0) is 0 Å². The molecule has 0 amide bonds. The van der Waals surface area contributed by atoms with Crippen LogP contribution in [0.4, 0.5) is 0 Å². The van der Waals surface area contributed by atoms with Crippen molar-refractivity contribution in [3.8, 4) is 0 Å². The van der Waals surface area contributed by atoms with E-state index in [1.165, 1.54) is 0 Å². The van der Waals surface area contributed by atoms with Crippen LogP contribution in [0.25, 0.3) is 0 Å². The third-order valence-corrected chi connectivity index (χ3v) is 0.829. The van der Waals surface area contributed by atoms with E-state index < -0.39 is 0 Å². The molecule has 30 valence electrons. The maximum Gasteiger partial charge on any atom is 0.0689 e. The maximum absolute atomic E-state index is 5.31. The average Bonchev–Trinajstić information content (AvgIpc) is 1.36. The second-order valence-corrected chi connectivity index (χ2v) is 1.72. The summed E-state index contributed by atoms with van der Waals surface area (Å²) in [5.41, 5.74) is 0. The third kappa shape index (κ3) is 2.37. The minimum Gasteiger partial charge on any atom is -0.0853 e. The van der Waals surface area contributed by atoms with E-state index >= 15 is 0 Å². The highest BCUT2D eigenvalue weighted by atomic mass is 13.9. The Bertz CT molecular complexity index is 26.5. The molecule has 0 rings (SSSR count). The molecule has 0 saturated heterocycles. The van der Waals surface area contributed by atoms with Gasteiger partial charge in [-0.1, -0.05) is 25.5 Å². The molecule has 0 aliphatic heterocycles. The van der Waals surface area contributed by atoms with Crippen molar-refractivity contribution in [2.24, 2.45) is 0 Å². The minimum atomic E-state index is 0.130. The van der Waals surface area contributed by atoms with Crippen LogP contribution in [0.5, 0.6) is 0 Å². The molecule has 0 fully saturated rings. The summed E-state index contributed by atoms with van der Waals surface area (Å²) in [6.07, 6.45) is 0. The molecule has 0 aromatic rings. The summed E-state index contributed by atoms with van der Waals surface area (Å²) in [6.45, 7) is 3.79. The monoisotopic (exact) mass is 78.1 g/mol. The predicted molar refractivity (Wildman–Crippen MR) is 30.4 cm³/mol. The largest absolute Gasteiger partial charge is 0.0853 e. The van der Waals surface area contributed by atoms with Crippen molar-refractivity contribution in [1.29, 1.82) is 0 Å². The standard InChI is InChI=1S/C4H8B2/c1-3(5)4(2)6/h3-4H,1-2H3. The molecule has 2 unspecified atom stereocenters. The van der Waals surface area contributed by atoms with Gasteiger partial charge >= 0.3 is 0 Å². The fourth-order valence-corrected chi connectivity index (χ4v) is 0. The van der Waals surface area contributed by atoms with Crippen molar-refractivity contribution in [2.75, 3.05) is 0 Å². The average molecular weight is 77.7 g/mol. The molecule has 0 aliphatic carbocycles. The minimum absolute atomic E-state index is 0.130. The smallest absolute Gasteiger partial charge is 0.0689 e. The zero-order chi connectivity index (χ0) is 5.15. The van der Waals surface area contributed by atoms with E-state index in [9.17, 15) is 0 Å². The van der Waals surface area contributed by atoms with Gasteiger partial charge in [-0.3, -0.25) is 0 Å². The van der Waals surface area contributed by atoms with E-state index in [0.717, 1.165) is 0 Å². The lowest BCUT2D eigenvalue weighted by Crippen LogP contribution is -1.92. The van der Waals surface area contributed by atoms with E-state index in [-0.39, 0.29) is 11.6 Å². The van der Waals surface area contributed by atoms with Gasteiger partial charge in [0.05, 0.1) is 15.7 Å². The van der Waals surface area contributed by atoms with Crippen LogP contribution in [-0.2, 0) is 0 Å². The molecule has 2 atom stereocenters. The lowest BCUT2D eigenvalue weighted by molar-refractivity contribution is 0.875. The first-order valence-corrected chi connectivity index (χ1v) is 2.15. The quantitative estimate of drug-likeness (QED) is 0.409. The van der Waals surface area contributed by atoms with Crippen LogP contribution in [0.15, 0.2) is 0 Å². The molecular weight excluding hydrogens is 69.7 g/mol. The highest BCUT2D eigenvalue weighted by molar-refractivity contribution is 6.20. The van der Waals surface area contributed by atoms with Crippen LogP contribution in [-0.4, -0.2) is 15.7 Å². The lowest BCUT2D eigenvalue weighted by Gasteiger charge is -2.06. The molecule has 0 aliphatic rings. The van der Waals surface area contributed by atoms with Crippen molar-refractivity contribution < 1.29 is 0 Å². The second kappa shape index (κ2) is 2.33. The van der Waals surface area contributed by atoms with Gasteiger partial charge in [-0.25, -0.2) is 0 Å². The fraction of sp³-hybridized carbons (Fsp3) is 1.00. The van der Waals surface area contributed by atoms with E-state index in [1.807, 2.05) is 13.8 Å². The molecule has 2 heteroatoms. The predicted octanol–water partition coefficient (Wildman–Crippen LogP) is 0.940. The molecule has 6 heavy (non-hydrogen) atoms. The van der Waals surface area contributed by atoms with Crippen molar-refractivity contribution in [2.45, 2.75) is 25.5 Å². The summed E-state index contributed by atoms with van der Waals surface area (Å²) in [7, 11) is 10.6. The van der Waals surface area contributed by atoms with Crippen LogP contribution in [0.3, 0.4) is 0 Å². The molecule has 0 spiro atoms. The first-order chi connectivity index (χ1) is 2.64. The van der Waals surface area contributed by atoms with Crippen LogP contribution < -0.4 is 0 Å². The van der Waals surface area contributed by atoms with E-state index in [0.29, 0.717) is 0 Å². The molecule has 0 aromatic carbocycles. The lowest BCUT2D eigenvalue weighted by atomic mass is 9.69. The Balaban J connectivity index is 2.99. The number of hydrogen-bond donors (Lipinski definition) is 0. The SMILES string of the molecule is [B]C(C)C([B])C. The topological polar surface area (TPSA) is 0 Å². The van der Waals surface area contributed by atoms with Gasteiger partial charge in [0.1, 0.15) is 0 Å². The summed E-state index contributed by atoms with van der Waals surface area (Å²) >= 11 is 0. The number of rotatable bonds is 1. The van der Waals surface area contributed by atoms with Gasteiger partial charge in [0, 0.05) is 0 Å². The van der Waals surface area contributed by atoms with E-state index in [1.54, 1.807) is 0 Å². The molecule has 0 bridgehead atoms. The second-order valence-electron chi connectivity index (χ2n) is 1.72. The Morgan fingerprint density at radius 1 is 1.00 bits per heavy atom. The van der Waals surface area contributed by atoms with Crippen molar-refractivity contribution in [3.05, 3.63) is 0 Å². The van der Waals surface area contributed by atoms with Crippen LogP contribution >= 0.6 is 0 Å². The molecular formula is C4H8B2. The van der Waals surface area contributed by atoms with Gasteiger partial charge in [0.15, 0.2) is 0 Å². The molecule has 4 radical (unpaired) electrons. The summed E-state index contributed by atoms with van der Waals surface area (Å²) in [4.78, 5) is 0. The van der Waals surface area contributed by atoms with E-state index in [2.05, 4.69) is 0 Å². The van der Waals surface area contributed by atoms with Crippen molar-refractivity contribution in [1.82, 2.24) is 0 Å². The fourth-order valence-electron chi connectivity index (χ4n) is 0. The summed E-state index contributed by atoms with van der Waals surface area (Å²) in [6, 6.07) is 0. The zero-order valence-electron chi connectivity index (χ0n) is 4.31. The Hall–Kier alpha value is 0.130. The van der Waals surface area contributed by atoms with Gasteiger partial charge in [0.2, 0.25) is 0 Å². The van der Waals surface area contributed by atoms with Gasteiger partial charge in [-0.15, -0.1) is 0 Å². The number of hydrogen-bond acceptors (Lipinski definition) is 0. The molecule has 0 saturated carbocycles. The third-order valence-electron chi connectivity index (χ3n) is 0.829. The van der Waals surface area contributed by atoms with E-state index in [4.69, 9.17) is 15.7 Å². The zero-order valence-corrected chi connectivity index (χ0v) is 4.31. The highest BCUT2D eigenvalue weighted by Gasteiger charge is 1.95. The summed E-state index contributed by atoms with van der Waals surface area (Å²) < 4.78 is 0. The van der Waals surface area contributed by atoms with Gasteiger partial charge in [-0.2, -0.15) is 0 Å². The Labute approximate surface area is 42.1 Å². The Morgan fingerprint density at radius 3 is 1.17 bits per heavy atom. The van der Waals surface area contributed by atoms with Crippen LogP contribution in [0.2, 0.25) is 11.6 Å². The van der Waals surface area contributed by atoms with Crippen molar-refractivity contribution in [3.63, 3.8) is 0 Å². The maximum atomic E-state index is 5.31. The van der Waals surface area contributed by atoms with Gasteiger partial charge < -0.3 is 0 Å². The molecule has 0 N–H and O–H groups in total.